The largest absolute Gasteiger partial charge is 0.449 e. The van der Waals surface area contributed by atoms with Crippen LogP contribution in [0.4, 0.5) is 13.6 Å². The average molecular weight is 464 g/mol. The van der Waals surface area contributed by atoms with Gasteiger partial charge in [0.1, 0.15) is 12.7 Å². The Bertz CT molecular complexity index is 1210. The number of aliphatic hydroxyl groups excluding tert-OH is 2. The van der Waals surface area contributed by atoms with Crippen LogP contribution >= 0.6 is 0 Å². The second-order valence-corrected chi connectivity index (χ2v) is 8.02. The standard InChI is InChI=1S/C26H22F2N2O4/c27-22-11-15(13-29)20(12-23(22)28)25(32)24(31)9-10-30-26(33)34-14-21-18-7-3-1-5-16(18)17-6-2-4-8-19(17)21/h1-8,11-12,21,24-25,31-32H,9-10,14H2,(H,30,33). The van der Waals surface area contributed by atoms with E-state index in [-0.39, 0.29) is 36.6 Å². The predicted molar refractivity (Wildman–Crippen MR) is 120 cm³/mol. The number of ether oxygens (including phenoxy) is 1. The summed E-state index contributed by atoms with van der Waals surface area (Å²) in [5.74, 6) is -2.56. The minimum atomic E-state index is -1.63. The molecule has 1 amide bonds. The molecule has 174 valence electrons. The number of hydrogen-bond acceptors (Lipinski definition) is 5. The van der Waals surface area contributed by atoms with Gasteiger partial charge in [0.15, 0.2) is 11.6 Å². The molecule has 0 aliphatic heterocycles. The minimum Gasteiger partial charge on any atom is -0.449 e. The summed E-state index contributed by atoms with van der Waals surface area (Å²) < 4.78 is 32.2. The fourth-order valence-corrected chi connectivity index (χ4v) is 4.24. The fourth-order valence-electron chi connectivity index (χ4n) is 4.24. The summed E-state index contributed by atoms with van der Waals surface area (Å²) in [5, 5.41) is 32.1. The maximum atomic E-state index is 13.5. The molecule has 8 heteroatoms. The molecular weight excluding hydrogens is 442 g/mol. The topological polar surface area (TPSA) is 103 Å². The SMILES string of the molecule is N#Cc1cc(F)c(F)cc1C(O)C(O)CCNC(=O)OCC1c2ccccc2-c2ccccc21. The zero-order chi connectivity index (χ0) is 24.2. The highest BCUT2D eigenvalue weighted by Crippen LogP contribution is 2.44. The molecule has 0 aromatic heterocycles. The van der Waals surface area contributed by atoms with Crippen LogP contribution in [0.25, 0.3) is 11.1 Å². The van der Waals surface area contributed by atoms with E-state index < -0.39 is 29.9 Å². The maximum absolute atomic E-state index is 13.5. The van der Waals surface area contributed by atoms with Crippen LogP contribution in [0.1, 0.15) is 40.7 Å². The van der Waals surface area contributed by atoms with Crippen molar-refractivity contribution in [3.8, 4) is 17.2 Å². The van der Waals surface area contributed by atoms with Crippen molar-refractivity contribution in [1.29, 1.82) is 5.26 Å². The highest BCUT2D eigenvalue weighted by Gasteiger charge is 2.29. The summed E-state index contributed by atoms with van der Waals surface area (Å²) in [6.45, 7) is 0.0892. The Hall–Kier alpha value is -3.80. The number of carbonyl (C=O) groups is 1. The van der Waals surface area contributed by atoms with E-state index in [0.717, 1.165) is 22.3 Å². The highest BCUT2D eigenvalue weighted by atomic mass is 19.2. The van der Waals surface area contributed by atoms with Crippen molar-refractivity contribution in [3.63, 3.8) is 0 Å². The smallest absolute Gasteiger partial charge is 0.407 e. The Morgan fingerprint density at radius 2 is 1.62 bits per heavy atom. The van der Waals surface area contributed by atoms with Gasteiger partial charge in [-0.15, -0.1) is 0 Å². The number of halogens is 2. The number of benzene rings is 3. The van der Waals surface area contributed by atoms with Gasteiger partial charge in [-0.3, -0.25) is 0 Å². The van der Waals surface area contributed by atoms with Crippen LogP contribution in [0.3, 0.4) is 0 Å². The Balaban J connectivity index is 1.31. The zero-order valence-electron chi connectivity index (χ0n) is 18.0. The molecule has 2 atom stereocenters. The normalized spacial score (nSPS) is 14.0. The second-order valence-electron chi connectivity index (χ2n) is 8.02. The van der Waals surface area contributed by atoms with E-state index >= 15 is 0 Å². The molecule has 0 saturated carbocycles. The van der Waals surface area contributed by atoms with Crippen LogP contribution in [0.2, 0.25) is 0 Å². The number of rotatable bonds is 7. The molecule has 0 fully saturated rings. The number of aliphatic hydroxyl groups is 2. The lowest BCUT2D eigenvalue weighted by atomic mass is 9.97. The molecule has 0 spiro atoms. The van der Waals surface area contributed by atoms with Crippen LogP contribution in [-0.2, 0) is 4.74 Å². The third-order valence-electron chi connectivity index (χ3n) is 5.95. The molecule has 34 heavy (non-hydrogen) atoms. The van der Waals surface area contributed by atoms with Gasteiger partial charge in [0.05, 0.1) is 17.7 Å². The van der Waals surface area contributed by atoms with Crippen molar-refractivity contribution in [1.82, 2.24) is 5.32 Å². The lowest BCUT2D eigenvalue weighted by molar-refractivity contribution is 0.0133. The first-order valence-electron chi connectivity index (χ1n) is 10.7. The maximum Gasteiger partial charge on any atom is 0.407 e. The van der Waals surface area contributed by atoms with E-state index in [1.165, 1.54) is 0 Å². The predicted octanol–water partition coefficient (Wildman–Crippen LogP) is 4.16. The van der Waals surface area contributed by atoms with Gasteiger partial charge in [-0.1, -0.05) is 48.5 Å². The number of alkyl carbamates (subject to hydrolysis) is 1. The Labute approximate surface area is 195 Å². The first kappa shape index (κ1) is 23.4. The van der Waals surface area contributed by atoms with Crippen molar-refractivity contribution < 1.29 is 28.5 Å². The van der Waals surface area contributed by atoms with Crippen LogP contribution in [0.15, 0.2) is 60.7 Å². The van der Waals surface area contributed by atoms with E-state index in [4.69, 9.17) is 10.00 Å². The molecule has 1 aliphatic carbocycles. The van der Waals surface area contributed by atoms with Gasteiger partial charge in [-0.05, 0) is 40.8 Å². The molecule has 3 aromatic rings. The van der Waals surface area contributed by atoms with Gasteiger partial charge in [-0.25, -0.2) is 13.6 Å². The second kappa shape index (κ2) is 10.00. The number of hydrogen-bond donors (Lipinski definition) is 3. The van der Waals surface area contributed by atoms with Gasteiger partial charge in [0.2, 0.25) is 0 Å². The lowest BCUT2D eigenvalue weighted by Gasteiger charge is -2.20. The Morgan fingerprint density at radius 3 is 2.24 bits per heavy atom. The first-order valence-corrected chi connectivity index (χ1v) is 10.7. The summed E-state index contributed by atoms with van der Waals surface area (Å²) in [6, 6.07) is 18.9. The molecule has 0 radical (unpaired) electrons. The number of nitrogens with zero attached hydrogens (tertiary/aromatic N) is 1. The lowest BCUT2D eigenvalue weighted by Crippen LogP contribution is -2.31. The van der Waals surface area contributed by atoms with E-state index in [2.05, 4.69) is 5.32 Å². The van der Waals surface area contributed by atoms with E-state index in [0.29, 0.717) is 12.1 Å². The summed E-state index contributed by atoms with van der Waals surface area (Å²) in [7, 11) is 0. The van der Waals surface area contributed by atoms with Crippen molar-refractivity contribution >= 4 is 6.09 Å². The number of nitrogens with one attached hydrogen (secondary N) is 1. The van der Waals surface area contributed by atoms with Crippen molar-refractivity contribution in [2.45, 2.75) is 24.5 Å². The molecule has 0 saturated heterocycles. The van der Waals surface area contributed by atoms with Crippen molar-refractivity contribution in [2.24, 2.45) is 0 Å². The van der Waals surface area contributed by atoms with Crippen LogP contribution in [0, 0.1) is 23.0 Å². The van der Waals surface area contributed by atoms with Crippen LogP contribution < -0.4 is 5.32 Å². The van der Waals surface area contributed by atoms with E-state index in [1.54, 1.807) is 6.07 Å². The number of nitriles is 1. The molecule has 3 aromatic carbocycles. The summed E-state index contributed by atoms with van der Waals surface area (Å²) >= 11 is 0. The summed E-state index contributed by atoms with van der Waals surface area (Å²) in [6.07, 6.45) is -3.84. The van der Waals surface area contributed by atoms with Gasteiger partial charge in [0.25, 0.3) is 0 Å². The fraction of sp³-hybridized carbons (Fsp3) is 0.231. The third kappa shape index (κ3) is 4.62. The molecule has 0 bridgehead atoms. The van der Waals surface area contributed by atoms with Crippen molar-refractivity contribution in [2.75, 3.05) is 13.2 Å². The van der Waals surface area contributed by atoms with Gasteiger partial charge < -0.3 is 20.3 Å². The number of amides is 1. The van der Waals surface area contributed by atoms with Gasteiger partial charge in [-0.2, -0.15) is 5.26 Å². The molecule has 4 rings (SSSR count). The van der Waals surface area contributed by atoms with Gasteiger partial charge in [0, 0.05) is 18.0 Å². The third-order valence-corrected chi connectivity index (χ3v) is 5.95. The van der Waals surface area contributed by atoms with E-state index in [9.17, 15) is 23.8 Å². The molecule has 0 heterocycles. The monoisotopic (exact) mass is 464 g/mol. The molecule has 3 N–H and O–H groups in total. The minimum absolute atomic E-state index is 0.0412. The molecular formula is C26H22F2N2O4. The Morgan fingerprint density at radius 1 is 1.03 bits per heavy atom. The van der Waals surface area contributed by atoms with E-state index in [1.807, 2.05) is 48.5 Å². The average Bonchev–Trinajstić information content (AvgIpc) is 3.17. The van der Waals surface area contributed by atoms with Gasteiger partial charge >= 0.3 is 6.09 Å². The first-order chi connectivity index (χ1) is 16.4. The number of fused-ring (bicyclic) bond motifs is 3. The van der Waals surface area contributed by atoms with Crippen molar-refractivity contribution in [3.05, 3.63) is 94.6 Å². The quantitative estimate of drug-likeness (QED) is 0.487. The summed E-state index contributed by atoms with van der Waals surface area (Å²) in [4.78, 5) is 12.2. The van der Waals surface area contributed by atoms with Crippen LogP contribution in [0.5, 0.6) is 0 Å². The zero-order valence-corrected chi connectivity index (χ0v) is 18.0. The number of carbonyl (C=O) groups excluding carboxylic acids is 1. The summed E-state index contributed by atoms with van der Waals surface area (Å²) in [5.41, 5.74) is 3.87. The van der Waals surface area contributed by atoms with Crippen LogP contribution in [-0.4, -0.2) is 35.6 Å². The molecule has 1 aliphatic rings. The Kier molecular flexibility index (Phi) is 6.87. The molecule has 6 nitrogen and oxygen atoms in total. The highest BCUT2D eigenvalue weighted by molar-refractivity contribution is 5.79. The molecule has 2 unspecified atom stereocenters.